The first-order valence-corrected chi connectivity index (χ1v) is 5.11. The predicted octanol–water partition coefficient (Wildman–Crippen LogP) is 0.195. The molecule has 12 heavy (non-hydrogen) atoms. The summed E-state index contributed by atoms with van der Waals surface area (Å²) in [5.41, 5.74) is -0.381. The van der Waals surface area contributed by atoms with E-state index in [0.717, 1.165) is 0 Å². The molecule has 1 aromatic rings. The molecule has 1 aromatic heterocycles. The van der Waals surface area contributed by atoms with Crippen LogP contribution in [0.4, 0.5) is 0 Å². The van der Waals surface area contributed by atoms with Gasteiger partial charge in [0.2, 0.25) is 5.16 Å². The van der Waals surface area contributed by atoms with Crippen LogP contribution in [0.25, 0.3) is 0 Å². The Morgan fingerprint density at radius 1 is 1.75 bits per heavy atom. The molecular formula is C6H9N3O2S. The maximum absolute atomic E-state index is 11.3. The summed E-state index contributed by atoms with van der Waals surface area (Å²) in [4.78, 5) is 16.7. The summed E-state index contributed by atoms with van der Waals surface area (Å²) in [6.45, 7) is 1.61. The van der Waals surface area contributed by atoms with Crippen LogP contribution in [0, 0.1) is 4.78 Å². The van der Waals surface area contributed by atoms with Crippen LogP contribution in [0.5, 0.6) is 0 Å². The van der Waals surface area contributed by atoms with E-state index in [1.165, 1.54) is 12.3 Å². The highest BCUT2D eigenvalue weighted by molar-refractivity contribution is 7.92. The number of nitrogens with one attached hydrogen (secondary N) is 2. The second kappa shape index (κ2) is 3.06. The fraction of sp³-hybridized carbons (Fsp3) is 0.333. The minimum atomic E-state index is -2.89. The Morgan fingerprint density at radius 3 is 2.92 bits per heavy atom. The molecule has 0 aliphatic rings. The van der Waals surface area contributed by atoms with E-state index in [1.807, 2.05) is 0 Å². The van der Waals surface area contributed by atoms with E-state index < -0.39 is 9.73 Å². The molecule has 0 spiro atoms. The summed E-state index contributed by atoms with van der Waals surface area (Å²) < 4.78 is 18.7. The van der Waals surface area contributed by atoms with Crippen molar-refractivity contribution in [2.24, 2.45) is 0 Å². The van der Waals surface area contributed by atoms with Gasteiger partial charge in [-0.3, -0.25) is 9.78 Å². The summed E-state index contributed by atoms with van der Waals surface area (Å²) >= 11 is 0. The molecule has 1 atom stereocenters. The van der Waals surface area contributed by atoms with Crippen molar-refractivity contribution in [2.75, 3.05) is 5.75 Å². The topological polar surface area (TPSA) is 86.7 Å². The highest BCUT2D eigenvalue weighted by Crippen LogP contribution is 2.00. The number of hydrogen-bond acceptors (Lipinski definition) is 4. The van der Waals surface area contributed by atoms with Crippen molar-refractivity contribution in [2.45, 2.75) is 12.1 Å². The van der Waals surface area contributed by atoms with Gasteiger partial charge in [-0.1, -0.05) is 6.92 Å². The molecule has 2 N–H and O–H groups in total. The Kier molecular flexibility index (Phi) is 2.27. The Morgan fingerprint density at radius 2 is 2.42 bits per heavy atom. The first kappa shape index (κ1) is 8.92. The SMILES string of the molecule is CC[S@](=N)(=O)c1nccc(=O)[nH]1. The van der Waals surface area contributed by atoms with Crippen LogP contribution >= 0.6 is 0 Å². The lowest BCUT2D eigenvalue weighted by Gasteiger charge is -2.00. The third kappa shape index (κ3) is 1.70. The molecule has 6 heteroatoms. The lowest BCUT2D eigenvalue weighted by molar-refractivity contribution is 0.666. The molecule has 0 radical (unpaired) electrons. The Hall–Kier alpha value is -1.17. The monoisotopic (exact) mass is 187 g/mol. The molecule has 0 unspecified atom stereocenters. The zero-order valence-electron chi connectivity index (χ0n) is 6.53. The second-order valence-corrected chi connectivity index (χ2v) is 4.52. The van der Waals surface area contributed by atoms with E-state index in [2.05, 4.69) is 9.97 Å². The molecule has 0 bridgehead atoms. The van der Waals surface area contributed by atoms with Crippen LogP contribution in [0.2, 0.25) is 0 Å². The van der Waals surface area contributed by atoms with E-state index in [1.54, 1.807) is 6.92 Å². The van der Waals surface area contributed by atoms with Gasteiger partial charge in [-0.25, -0.2) is 14.0 Å². The molecule has 0 saturated carbocycles. The molecule has 1 rings (SSSR count). The van der Waals surface area contributed by atoms with Crippen LogP contribution in [0.15, 0.2) is 22.2 Å². The van der Waals surface area contributed by atoms with Gasteiger partial charge in [-0.15, -0.1) is 0 Å². The predicted molar refractivity (Wildman–Crippen MR) is 44.5 cm³/mol. The number of H-pyrrole nitrogens is 1. The molecule has 0 saturated heterocycles. The Bertz CT molecular complexity index is 420. The maximum atomic E-state index is 11.3. The molecule has 66 valence electrons. The van der Waals surface area contributed by atoms with Crippen molar-refractivity contribution < 1.29 is 4.21 Å². The highest BCUT2D eigenvalue weighted by Gasteiger charge is 2.08. The van der Waals surface area contributed by atoms with Crippen molar-refractivity contribution in [3.05, 3.63) is 22.6 Å². The van der Waals surface area contributed by atoms with Crippen LogP contribution in [0.1, 0.15) is 6.92 Å². The third-order valence-corrected chi connectivity index (χ3v) is 3.01. The first-order chi connectivity index (χ1) is 5.56. The van der Waals surface area contributed by atoms with Crippen LogP contribution < -0.4 is 5.56 Å². The van der Waals surface area contributed by atoms with Gasteiger partial charge in [0.1, 0.15) is 9.73 Å². The maximum Gasteiger partial charge on any atom is 0.251 e. The molecule has 0 aliphatic heterocycles. The minimum Gasteiger partial charge on any atom is -0.299 e. The number of hydrogen-bond donors (Lipinski definition) is 2. The summed E-state index contributed by atoms with van der Waals surface area (Å²) in [6, 6.07) is 1.22. The molecular weight excluding hydrogens is 178 g/mol. The highest BCUT2D eigenvalue weighted by atomic mass is 32.2. The average molecular weight is 187 g/mol. The molecule has 0 amide bonds. The van der Waals surface area contributed by atoms with Crippen molar-refractivity contribution in [3.8, 4) is 0 Å². The summed E-state index contributed by atoms with van der Waals surface area (Å²) in [5, 5.41) is -0.0440. The summed E-state index contributed by atoms with van der Waals surface area (Å²) in [5.74, 6) is 0.153. The van der Waals surface area contributed by atoms with Gasteiger partial charge >= 0.3 is 0 Å². The van der Waals surface area contributed by atoms with Crippen molar-refractivity contribution in [3.63, 3.8) is 0 Å². The first-order valence-electron chi connectivity index (χ1n) is 3.38. The van der Waals surface area contributed by atoms with Gasteiger partial charge in [-0.2, -0.15) is 0 Å². The van der Waals surface area contributed by atoms with E-state index in [-0.39, 0.29) is 16.5 Å². The van der Waals surface area contributed by atoms with E-state index >= 15 is 0 Å². The van der Waals surface area contributed by atoms with E-state index in [9.17, 15) is 9.00 Å². The molecule has 5 nitrogen and oxygen atoms in total. The zero-order chi connectivity index (χ0) is 9.19. The summed E-state index contributed by atoms with van der Waals surface area (Å²) in [7, 11) is -2.89. The smallest absolute Gasteiger partial charge is 0.251 e. The molecule has 0 aromatic carbocycles. The quantitative estimate of drug-likeness (QED) is 0.648. The van der Waals surface area contributed by atoms with Crippen LogP contribution in [-0.4, -0.2) is 19.9 Å². The van der Waals surface area contributed by atoms with Crippen LogP contribution in [-0.2, 0) is 9.73 Å². The third-order valence-electron chi connectivity index (χ3n) is 1.37. The average Bonchev–Trinajstić information content (AvgIpc) is 2.05. The van der Waals surface area contributed by atoms with Gasteiger partial charge < -0.3 is 0 Å². The minimum absolute atomic E-state index is 0.0440. The zero-order valence-corrected chi connectivity index (χ0v) is 7.35. The fourth-order valence-electron chi connectivity index (χ4n) is 0.656. The van der Waals surface area contributed by atoms with E-state index in [4.69, 9.17) is 4.78 Å². The number of rotatable bonds is 2. The van der Waals surface area contributed by atoms with Gasteiger partial charge in [0.05, 0.1) is 0 Å². The molecule has 0 fully saturated rings. The van der Waals surface area contributed by atoms with Crippen molar-refractivity contribution in [1.29, 1.82) is 4.78 Å². The lowest BCUT2D eigenvalue weighted by Crippen LogP contribution is -2.14. The van der Waals surface area contributed by atoms with Gasteiger partial charge in [-0.05, 0) is 0 Å². The lowest BCUT2D eigenvalue weighted by atomic mass is 10.7. The normalized spacial score (nSPS) is 15.4. The van der Waals surface area contributed by atoms with Crippen molar-refractivity contribution in [1.82, 2.24) is 9.97 Å². The van der Waals surface area contributed by atoms with Gasteiger partial charge in [0, 0.05) is 18.0 Å². The van der Waals surface area contributed by atoms with Crippen molar-refractivity contribution >= 4 is 9.73 Å². The Balaban J connectivity index is 3.31. The van der Waals surface area contributed by atoms with Gasteiger partial charge in [0.25, 0.3) is 5.56 Å². The van der Waals surface area contributed by atoms with Crippen LogP contribution in [0.3, 0.4) is 0 Å². The standard InChI is InChI=1S/C6H9N3O2S/c1-2-12(7,11)6-8-4-3-5(10)9-6/h3-4,7H,2H2,1H3,(H,8,9,10)/t12-/m0/s1. The molecule has 0 aliphatic carbocycles. The molecule has 1 heterocycles. The van der Waals surface area contributed by atoms with Gasteiger partial charge in [0.15, 0.2) is 0 Å². The number of aromatic nitrogens is 2. The second-order valence-electron chi connectivity index (χ2n) is 2.20. The largest absolute Gasteiger partial charge is 0.299 e. The summed E-state index contributed by atoms with van der Waals surface area (Å²) in [6.07, 6.45) is 1.25. The Labute approximate surface area is 69.8 Å². The number of nitrogens with zero attached hydrogens (tertiary/aromatic N) is 1. The van der Waals surface area contributed by atoms with E-state index in [0.29, 0.717) is 0 Å². The number of aromatic amines is 1. The fourth-order valence-corrected chi connectivity index (χ4v) is 1.43.